The fourth-order valence-corrected chi connectivity index (χ4v) is 3.33. The van der Waals surface area contributed by atoms with E-state index in [0.717, 1.165) is 34.3 Å². The second-order valence-corrected chi connectivity index (χ2v) is 7.07. The summed E-state index contributed by atoms with van der Waals surface area (Å²) in [7, 11) is 0. The van der Waals surface area contributed by atoms with Gasteiger partial charge in [-0.1, -0.05) is 30.4 Å². The Morgan fingerprint density at radius 2 is 2.03 bits per heavy atom. The molecule has 158 valence electrons. The first-order valence-electron chi connectivity index (χ1n) is 10.2. The van der Waals surface area contributed by atoms with E-state index in [2.05, 4.69) is 11.2 Å². The van der Waals surface area contributed by atoms with Gasteiger partial charge in [0.15, 0.2) is 0 Å². The van der Waals surface area contributed by atoms with Gasteiger partial charge < -0.3 is 14.6 Å². The number of aliphatic carboxylic acids is 1. The van der Waals surface area contributed by atoms with Gasteiger partial charge in [0.1, 0.15) is 12.4 Å². The monoisotopic (exact) mass is 408 g/mol. The molecule has 6 nitrogen and oxygen atoms in total. The first-order valence-corrected chi connectivity index (χ1v) is 10.2. The Hall–Kier alpha value is -3.12. The lowest BCUT2D eigenvalue weighted by Gasteiger charge is -2.12. The van der Waals surface area contributed by atoms with E-state index in [1.54, 1.807) is 0 Å². The van der Waals surface area contributed by atoms with E-state index in [4.69, 9.17) is 14.6 Å². The van der Waals surface area contributed by atoms with Crippen LogP contribution in [0.1, 0.15) is 37.3 Å². The number of aromatic nitrogens is 2. The number of nitrogens with zero attached hydrogens (tertiary/aromatic N) is 2. The summed E-state index contributed by atoms with van der Waals surface area (Å²) in [5, 5.41) is 14.7. The van der Waals surface area contributed by atoms with Crippen LogP contribution in [0.25, 0.3) is 10.9 Å². The van der Waals surface area contributed by atoms with Gasteiger partial charge in [-0.15, -0.1) is 0 Å². The number of fused-ring (bicyclic) bond motifs is 1. The van der Waals surface area contributed by atoms with Gasteiger partial charge in [-0.05, 0) is 49.2 Å². The average molecular weight is 408 g/mol. The molecule has 0 saturated carbocycles. The molecule has 0 aliphatic heterocycles. The van der Waals surface area contributed by atoms with Gasteiger partial charge in [0.2, 0.25) is 0 Å². The first kappa shape index (κ1) is 21.6. The third kappa shape index (κ3) is 5.94. The second-order valence-electron chi connectivity index (χ2n) is 7.07. The number of hydrogen-bond acceptors (Lipinski definition) is 4. The summed E-state index contributed by atoms with van der Waals surface area (Å²) >= 11 is 0. The number of carbonyl (C=O) groups is 1. The fraction of sp³-hybridized carbons (Fsp3) is 0.333. The molecule has 30 heavy (non-hydrogen) atoms. The lowest BCUT2D eigenvalue weighted by molar-refractivity contribution is -0.137. The zero-order chi connectivity index (χ0) is 21.3. The van der Waals surface area contributed by atoms with Gasteiger partial charge in [0.05, 0.1) is 25.1 Å². The molecule has 0 amide bonds. The number of benzene rings is 2. The summed E-state index contributed by atoms with van der Waals surface area (Å²) in [4.78, 5) is 11.1. The topological polar surface area (TPSA) is 73.6 Å². The van der Waals surface area contributed by atoms with Crippen LogP contribution in [-0.4, -0.2) is 34.1 Å². The number of allylic oxidation sites excluding steroid dienone is 2. The molecular weight excluding hydrogens is 380 g/mol. The summed E-state index contributed by atoms with van der Waals surface area (Å²) < 4.78 is 13.2. The Morgan fingerprint density at radius 1 is 1.23 bits per heavy atom. The van der Waals surface area contributed by atoms with Gasteiger partial charge in [0.25, 0.3) is 0 Å². The van der Waals surface area contributed by atoms with Crippen LogP contribution in [0.3, 0.4) is 0 Å². The highest BCUT2D eigenvalue weighted by Crippen LogP contribution is 2.24. The highest BCUT2D eigenvalue weighted by Gasteiger charge is 2.12. The third-order valence-corrected chi connectivity index (χ3v) is 4.82. The zero-order valence-corrected chi connectivity index (χ0v) is 17.5. The molecule has 6 heteroatoms. The predicted octanol–water partition coefficient (Wildman–Crippen LogP) is 4.79. The van der Waals surface area contributed by atoms with Crippen LogP contribution in [0.15, 0.2) is 60.8 Å². The van der Waals surface area contributed by atoms with E-state index in [-0.39, 0.29) is 12.3 Å². The van der Waals surface area contributed by atoms with Crippen molar-refractivity contribution in [2.45, 2.75) is 39.3 Å². The van der Waals surface area contributed by atoms with Crippen LogP contribution in [0.2, 0.25) is 0 Å². The Morgan fingerprint density at radius 3 is 2.73 bits per heavy atom. The summed E-state index contributed by atoms with van der Waals surface area (Å²) in [6.07, 6.45) is 5.89. The standard InChI is InChI=1S/C24H28N2O4/c1-3-5-20(15-24(27)28)19-7-9-22(10-8-19)30-17-18-6-11-23-21(14-18)16-26(25-23)12-13-29-4-2/h3,5-11,14,16,20H,4,12-13,15,17H2,1-2H3,(H,27,28)/t20-/m1/s1. The molecule has 0 aliphatic rings. The fourth-order valence-electron chi connectivity index (χ4n) is 3.33. The van der Waals surface area contributed by atoms with Gasteiger partial charge in [0, 0.05) is 24.1 Å². The van der Waals surface area contributed by atoms with Crippen molar-refractivity contribution in [2.75, 3.05) is 13.2 Å². The molecule has 0 radical (unpaired) electrons. The molecule has 1 N–H and O–H groups in total. The van der Waals surface area contributed by atoms with Gasteiger partial charge in [-0.2, -0.15) is 5.10 Å². The molecule has 2 aromatic carbocycles. The first-order chi connectivity index (χ1) is 14.6. The van der Waals surface area contributed by atoms with Crippen LogP contribution in [-0.2, 0) is 22.7 Å². The smallest absolute Gasteiger partial charge is 0.304 e. The highest BCUT2D eigenvalue weighted by molar-refractivity contribution is 5.78. The van der Waals surface area contributed by atoms with Crippen molar-refractivity contribution in [3.8, 4) is 5.75 Å². The second kappa shape index (κ2) is 10.6. The van der Waals surface area contributed by atoms with Crippen molar-refractivity contribution in [3.05, 3.63) is 71.9 Å². The maximum absolute atomic E-state index is 11.1. The summed E-state index contributed by atoms with van der Waals surface area (Å²) in [6, 6.07) is 13.7. The molecule has 0 saturated heterocycles. The summed E-state index contributed by atoms with van der Waals surface area (Å²) in [5.41, 5.74) is 2.98. The Balaban J connectivity index is 1.61. The van der Waals surface area contributed by atoms with E-state index < -0.39 is 5.97 Å². The van der Waals surface area contributed by atoms with Crippen LogP contribution >= 0.6 is 0 Å². The van der Waals surface area contributed by atoms with Crippen molar-refractivity contribution in [1.29, 1.82) is 0 Å². The molecule has 0 fully saturated rings. The van der Waals surface area contributed by atoms with E-state index in [9.17, 15) is 4.79 Å². The number of hydrogen-bond donors (Lipinski definition) is 1. The molecule has 0 spiro atoms. The van der Waals surface area contributed by atoms with E-state index >= 15 is 0 Å². The number of rotatable bonds is 11. The van der Waals surface area contributed by atoms with Crippen molar-refractivity contribution >= 4 is 16.9 Å². The Labute approximate surface area is 176 Å². The Bertz CT molecular complexity index is 992. The van der Waals surface area contributed by atoms with Crippen molar-refractivity contribution < 1.29 is 19.4 Å². The molecule has 3 aromatic rings. The third-order valence-electron chi connectivity index (χ3n) is 4.82. The molecule has 1 heterocycles. The molecule has 0 unspecified atom stereocenters. The SMILES string of the molecule is CC=C[C@H](CC(=O)O)c1ccc(OCc2ccc3nn(CCOCC)cc3c2)cc1. The number of ether oxygens (including phenoxy) is 2. The van der Waals surface area contributed by atoms with Crippen molar-refractivity contribution in [2.24, 2.45) is 0 Å². The molecule has 0 bridgehead atoms. The largest absolute Gasteiger partial charge is 0.489 e. The molecule has 3 rings (SSSR count). The lowest BCUT2D eigenvalue weighted by Crippen LogP contribution is -2.05. The van der Waals surface area contributed by atoms with Crippen LogP contribution in [0.5, 0.6) is 5.75 Å². The van der Waals surface area contributed by atoms with Crippen LogP contribution in [0, 0.1) is 0 Å². The van der Waals surface area contributed by atoms with Crippen LogP contribution < -0.4 is 4.74 Å². The van der Waals surface area contributed by atoms with E-state index in [1.807, 2.05) is 73.3 Å². The summed E-state index contributed by atoms with van der Waals surface area (Å²) in [5.74, 6) is -0.195. The molecule has 1 atom stereocenters. The van der Waals surface area contributed by atoms with E-state index in [1.165, 1.54) is 0 Å². The number of carboxylic acids is 1. The maximum atomic E-state index is 11.1. The zero-order valence-electron chi connectivity index (χ0n) is 17.5. The quantitative estimate of drug-likeness (QED) is 0.365. The minimum absolute atomic E-state index is 0.0722. The molecular formula is C24H28N2O4. The normalized spacial score (nSPS) is 12.5. The Kier molecular flexibility index (Phi) is 7.63. The highest BCUT2D eigenvalue weighted by atomic mass is 16.5. The van der Waals surface area contributed by atoms with Crippen molar-refractivity contribution in [1.82, 2.24) is 9.78 Å². The van der Waals surface area contributed by atoms with Crippen LogP contribution in [0.4, 0.5) is 0 Å². The lowest BCUT2D eigenvalue weighted by atomic mass is 9.95. The average Bonchev–Trinajstić information content (AvgIpc) is 3.14. The van der Waals surface area contributed by atoms with Gasteiger partial charge in [-0.3, -0.25) is 9.48 Å². The van der Waals surface area contributed by atoms with Gasteiger partial charge in [-0.25, -0.2) is 0 Å². The molecule has 1 aromatic heterocycles. The number of carboxylic acid groups (broad SMARTS) is 1. The summed E-state index contributed by atoms with van der Waals surface area (Å²) in [6.45, 7) is 6.42. The minimum atomic E-state index is -0.810. The molecule has 0 aliphatic carbocycles. The minimum Gasteiger partial charge on any atom is -0.489 e. The maximum Gasteiger partial charge on any atom is 0.304 e. The van der Waals surface area contributed by atoms with E-state index in [0.29, 0.717) is 19.8 Å². The van der Waals surface area contributed by atoms with Crippen molar-refractivity contribution in [3.63, 3.8) is 0 Å². The van der Waals surface area contributed by atoms with Gasteiger partial charge >= 0.3 is 5.97 Å². The predicted molar refractivity (Wildman–Crippen MR) is 117 cm³/mol.